The van der Waals surface area contributed by atoms with Gasteiger partial charge in [0, 0.05) is 13.6 Å². The van der Waals surface area contributed by atoms with Crippen molar-refractivity contribution in [3.05, 3.63) is 83.9 Å². The molecule has 3 aromatic rings. The minimum absolute atomic E-state index is 0.134. The molecule has 0 saturated heterocycles. The van der Waals surface area contributed by atoms with Gasteiger partial charge in [0.05, 0.1) is 17.7 Å². The molecule has 3 rings (SSSR count). The summed E-state index contributed by atoms with van der Waals surface area (Å²) in [4.78, 5) is 12.2. The van der Waals surface area contributed by atoms with Gasteiger partial charge in [-0.1, -0.05) is 29.8 Å². The number of aryl methyl sites for hydroxylation is 1. The van der Waals surface area contributed by atoms with E-state index in [0.717, 1.165) is 11.1 Å². The molecule has 0 spiro atoms. The van der Waals surface area contributed by atoms with E-state index in [2.05, 4.69) is 5.32 Å². The molecule has 0 aliphatic heterocycles. The molecule has 32 heavy (non-hydrogen) atoms. The van der Waals surface area contributed by atoms with E-state index in [4.69, 9.17) is 9.47 Å². The molecule has 7 nitrogen and oxygen atoms in total. The molecule has 0 unspecified atom stereocenters. The predicted molar refractivity (Wildman–Crippen MR) is 124 cm³/mol. The first-order valence-electron chi connectivity index (χ1n) is 9.97. The van der Waals surface area contributed by atoms with Crippen LogP contribution in [0.15, 0.2) is 77.7 Å². The largest absolute Gasteiger partial charge is 0.497 e. The van der Waals surface area contributed by atoms with E-state index < -0.39 is 10.0 Å². The van der Waals surface area contributed by atoms with Crippen LogP contribution in [0.5, 0.6) is 11.5 Å². The van der Waals surface area contributed by atoms with E-state index in [1.807, 2.05) is 31.2 Å². The molecule has 8 heteroatoms. The van der Waals surface area contributed by atoms with E-state index in [-0.39, 0.29) is 17.4 Å². The molecule has 0 heterocycles. The van der Waals surface area contributed by atoms with Crippen LogP contribution in [0.4, 0.5) is 5.69 Å². The van der Waals surface area contributed by atoms with Crippen molar-refractivity contribution in [1.82, 2.24) is 5.32 Å². The Kier molecular flexibility index (Phi) is 7.37. The van der Waals surface area contributed by atoms with Crippen LogP contribution in [0.3, 0.4) is 0 Å². The van der Waals surface area contributed by atoms with Crippen molar-refractivity contribution in [1.29, 1.82) is 0 Å². The van der Waals surface area contributed by atoms with Gasteiger partial charge in [-0.05, 0) is 61.0 Å². The van der Waals surface area contributed by atoms with Gasteiger partial charge in [0.1, 0.15) is 11.5 Å². The zero-order chi connectivity index (χ0) is 23.1. The molecule has 168 valence electrons. The fraction of sp³-hybridized carbons (Fsp3) is 0.208. The maximum Gasteiger partial charge on any atom is 0.264 e. The Bertz CT molecular complexity index is 1140. The van der Waals surface area contributed by atoms with Crippen LogP contribution >= 0.6 is 0 Å². The van der Waals surface area contributed by atoms with E-state index in [0.29, 0.717) is 23.7 Å². The summed E-state index contributed by atoms with van der Waals surface area (Å²) >= 11 is 0. The van der Waals surface area contributed by atoms with Crippen molar-refractivity contribution in [2.45, 2.75) is 18.4 Å². The lowest BCUT2D eigenvalue weighted by Gasteiger charge is -2.20. The molecule has 0 aliphatic carbocycles. The Hall–Kier alpha value is -3.52. The molecule has 1 amide bonds. The first-order chi connectivity index (χ1) is 15.3. The normalized spacial score (nSPS) is 11.0. The number of carbonyl (C=O) groups is 1. The Morgan fingerprint density at radius 3 is 2.09 bits per heavy atom. The monoisotopic (exact) mass is 454 g/mol. The summed E-state index contributed by atoms with van der Waals surface area (Å²) in [5.41, 5.74) is 2.64. The molecule has 1 N–H and O–H groups in total. The molecular weight excluding hydrogens is 428 g/mol. The van der Waals surface area contributed by atoms with Gasteiger partial charge in [-0.15, -0.1) is 0 Å². The zero-order valence-corrected chi connectivity index (χ0v) is 19.1. The number of hydrogen-bond acceptors (Lipinski definition) is 5. The maximum atomic E-state index is 12.8. The third-order valence-corrected chi connectivity index (χ3v) is 6.70. The number of anilines is 1. The van der Waals surface area contributed by atoms with Crippen molar-refractivity contribution in [2.75, 3.05) is 25.1 Å². The summed E-state index contributed by atoms with van der Waals surface area (Å²) in [5, 5.41) is 2.80. The second kappa shape index (κ2) is 10.2. The molecule has 0 aromatic heterocycles. The lowest BCUT2D eigenvalue weighted by Crippen LogP contribution is -2.28. The molecular formula is C24H26N2O5S. The van der Waals surface area contributed by atoms with Crippen molar-refractivity contribution < 1.29 is 22.7 Å². The minimum atomic E-state index is -3.72. The Morgan fingerprint density at radius 1 is 0.906 bits per heavy atom. The number of methoxy groups -OCH3 is 1. The number of sulfonamides is 1. The van der Waals surface area contributed by atoms with Gasteiger partial charge in [-0.2, -0.15) is 0 Å². The molecule has 0 atom stereocenters. The fourth-order valence-corrected chi connectivity index (χ4v) is 4.10. The predicted octanol–water partition coefficient (Wildman–Crippen LogP) is 3.52. The molecule has 0 saturated carbocycles. The standard InChI is InChI=1S/C24H26N2O5S/c1-18-4-6-19(7-5-18)16-25-24(27)17-31-22-10-8-20(9-11-22)26(2)32(28,29)23-14-12-21(30-3)13-15-23/h4-15H,16-17H2,1-3H3,(H,25,27). The van der Waals surface area contributed by atoms with Crippen LogP contribution in [-0.2, 0) is 21.4 Å². The van der Waals surface area contributed by atoms with Crippen LogP contribution < -0.4 is 19.1 Å². The van der Waals surface area contributed by atoms with Gasteiger partial charge >= 0.3 is 0 Å². The number of rotatable bonds is 9. The summed E-state index contributed by atoms with van der Waals surface area (Å²) in [5.74, 6) is 0.805. The summed E-state index contributed by atoms with van der Waals surface area (Å²) < 4.78 is 37.5. The Balaban J connectivity index is 1.55. The van der Waals surface area contributed by atoms with E-state index >= 15 is 0 Å². The van der Waals surface area contributed by atoms with Gasteiger partial charge in [-0.3, -0.25) is 9.10 Å². The second-order valence-electron chi connectivity index (χ2n) is 7.19. The van der Waals surface area contributed by atoms with Gasteiger partial charge < -0.3 is 14.8 Å². The highest BCUT2D eigenvalue weighted by atomic mass is 32.2. The number of ether oxygens (including phenoxy) is 2. The average molecular weight is 455 g/mol. The van der Waals surface area contributed by atoms with E-state index in [1.54, 1.807) is 36.4 Å². The molecule has 0 radical (unpaired) electrons. The molecule has 0 fully saturated rings. The highest BCUT2D eigenvalue weighted by Crippen LogP contribution is 2.25. The number of amides is 1. The van der Waals surface area contributed by atoms with Gasteiger partial charge in [0.25, 0.3) is 15.9 Å². The van der Waals surface area contributed by atoms with Crippen LogP contribution in [0, 0.1) is 6.92 Å². The quantitative estimate of drug-likeness (QED) is 0.535. The SMILES string of the molecule is COc1ccc(S(=O)(=O)N(C)c2ccc(OCC(=O)NCc3ccc(C)cc3)cc2)cc1. The van der Waals surface area contributed by atoms with E-state index in [1.165, 1.54) is 30.6 Å². The second-order valence-corrected chi connectivity index (χ2v) is 9.16. The Morgan fingerprint density at radius 2 is 1.50 bits per heavy atom. The van der Waals surface area contributed by atoms with Crippen molar-refractivity contribution in [2.24, 2.45) is 0 Å². The molecule has 3 aromatic carbocycles. The molecule has 0 aliphatic rings. The van der Waals surface area contributed by atoms with Gasteiger partial charge in [0.15, 0.2) is 6.61 Å². The lowest BCUT2D eigenvalue weighted by molar-refractivity contribution is -0.123. The highest BCUT2D eigenvalue weighted by Gasteiger charge is 2.21. The minimum Gasteiger partial charge on any atom is -0.497 e. The summed E-state index contributed by atoms with van der Waals surface area (Å²) in [6, 6.07) is 20.6. The number of nitrogens with zero attached hydrogens (tertiary/aromatic N) is 1. The first-order valence-corrected chi connectivity index (χ1v) is 11.4. The van der Waals surface area contributed by atoms with Crippen LogP contribution in [0.1, 0.15) is 11.1 Å². The van der Waals surface area contributed by atoms with Crippen LogP contribution in [0.2, 0.25) is 0 Å². The zero-order valence-electron chi connectivity index (χ0n) is 18.2. The van der Waals surface area contributed by atoms with Crippen LogP contribution in [-0.4, -0.2) is 35.1 Å². The third-order valence-electron chi connectivity index (χ3n) is 4.90. The topological polar surface area (TPSA) is 84.9 Å². The summed E-state index contributed by atoms with van der Waals surface area (Å²) in [6.07, 6.45) is 0. The number of carbonyl (C=O) groups excluding carboxylic acids is 1. The summed E-state index contributed by atoms with van der Waals surface area (Å²) in [7, 11) is -0.718. The van der Waals surface area contributed by atoms with Crippen molar-refractivity contribution in [3.63, 3.8) is 0 Å². The van der Waals surface area contributed by atoms with Gasteiger partial charge in [0.2, 0.25) is 0 Å². The first kappa shape index (κ1) is 23.1. The maximum absolute atomic E-state index is 12.8. The Labute approximate surface area is 188 Å². The lowest BCUT2D eigenvalue weighted by atomic mass is 10.1. The number of nitrogens with one attached hydrogen (secondary N) is 1. The molecule has 0 bridgehead atoms. The summed E-state index contributed by atoms with van der Waals surface area (Å²) in [6.45, 7) is 2.30. The highest BCUT2D eigenvalue weighted by molar-refractivity contribution is 7.92. The van der Waals surface area contributed by atoms with E-state index in [9.17, 15) is 13.2 Å². The average Bonchev–Trinajstić information content (AvgIpc) is 2.82. The number of hydrogen-bond donors (Lipinski definition) is 1. The van der Waals surface area contributed by atoms with Crippen molar-refractivity contribution in [3.8, 4) is 11.5 Å². The van der Waals surface area contributed by atoms with Gasteiger partial charge in [-0.25, -0.2) is 8.42 Å². The number of benzene rings is 3. The third kappa shape index (κ3) is 5.79. The van der Waals surface area contributed by atoms with Crippen molar-refractivity contribution >= 4 is 21.6 Å². The smallest absolute Gasteiger partial charge is 0.264 e. The van der Waals surface area contributed by atoms with Crippen LogP contribution in [0.25, 0.3) is 0 Å². The fourth-order valence-electron chi connectivity index (χ4n) is 2.90.